The van der Waals surface area contributed by atoms with Crippen LogP contribution in [0.3, 0.4) is 0 Å². The zero-order valence-corrected chi connectivity index (χ0v) is 15.8. The van der Waals surface area contributed by atoms with E-state index in [2.05, 4.69) is 25.8 Å². The summed E-state index contributed by atoms with van der Waals surface area (Å²) in [7, 11) is 2.07. The first-order valence-electron chi connectivity index (χ1n) is 9.05. The quantitative estimate of drug-likeness (QED) is 0.583. The van der Waals surface area contributed by atoms with Crippen LogP contribution >= 0.6 is 0 Å². The van der Waals surface area contributed by atoms with Gasteiger partial charge in [-0.2, -0.15) is 0 Å². The van der Waals surface area contributed by atoms with Gasteiger partial charge in [-0.3, -0.25) is 24.4 Å². The molecule has 9 nitrogen and oxygen atoms in total. The van der Waals surface area contributed by atoms with Gasteiger partial charge in [-0.25, -0.2) is 4.79 Å². The van der Waals surface area contributed by atoms with Gasteiger partial charge < -0.3 is 9.32 Å². The summed E-state index contributed by atoms with van der Waals surface area (Å²) in [6.07, 6.45) is 0.842. The zero-order valence-electron chi connectivity index (χ0n) is 15.8. The number of nitrogens with zero attached hydrogens (tertiary/aromatic N) is 4. The number of amides is 1. The summed E-state index contributed by atoms with van der Waals surface area (Å²) in [4.78, 5) is 39.0. The van der Waals surface area contributed by atoms with Crippen LogP contribution in [0.5, 0.6) is 0 Å². The van der Waals surface area contributed by atoms with Gasteiger partial charge in [-0.1, -0.05) is 0 Å². The van der Waals surface area contributed by atoms with Crippen LogP contribution in [-0.2, 0) is 11.3 Å². The molecule has 1 saturated heterocycles. The van der Waals surface area contributed by atoms with Crippen molar-refractivity contribution in [1.29, 1.82) is 0 Å². The minimum absolute atomic E-state index is 0.0817. The standard InChI is InChI=1S/C18H24N4O5/c1-12-10-20(11-13(2)19(12)3)17(23)5-4-8-21-15-7-6-14(22(25)26)9-16(15)27-18(21)24/h6-7,9,12-13H,4-5,8,10-11H2,1-3H3. The number of benzene rings is 1. The third-order valence-corrected chi connectivity index (χ3v) is 5.35. The molecule has 3 rings (SSSR count). The maximum Gasteiger partial charge on any atom is 0.419 e. The number of likely N-dealkylation sites (N-methyl/N-ethyl adjacent to an activating group) is 1. The van der Waals surface area contributed by atoms with Gasteiger partial charge >= 0.3 is 5.76 Å². The van der Waals surface area contributed by atoms with Crippen LogP contribution in [0.1, 0.15) is 26.7 Å². The Morgan fingerprint density at radius 2 is 1.96 bits per heavy atom. The molecule has 1 aromatic carbocycles. The highest BCUT2D eigenvalue weighted by molar-refractivity contribution is 5.77. The molecule has 0 saturated carbocycles. The molecule has 2 atom stereocenters. The molecule has 1 aliphatic rings. The van der Waals surface area contributed by atoms with Crippen molar-refractivity contribution in [2.75, 3.05) is 20.1 Å². The average Bonchev–Trinajstić information content (AvgIpc) is 2.93. The molecule has 0 spiro atoms. The Bertz CT molecular complexity index is 906. The van der Waals surface area contributed by atoms with Crippen molar-refractivity contribution in [3.05, 3.63) is 38.9 Å². The van der Waals surface area contributed by atoms with E-state index in [-0.39, 0.29) is 17.2 Å². The monoisotopic (exact) mass is 376 g/mol. The van der Waals surface area contributed by atoms with Crippen molar-refractivity contribution in [2.24, 2.45) is 0 Å². The Morgan fingerprint density at radius 3 is 2.59 bits per heavy atom. The van der Waals surface area contributed by atoms with Gasteiger partial charge in [-0.05, 0) is 33.4 Å². The predicted molar refractivity (Wildman–Crippen MR) is 99.6 cm³/mol. The summed E-state index contributed by atoms with van der Waals surface area (Å²) in [6.45, 7) is 5.95. The fourth-order valence-electron chi connectivity index (χ4n) is 3.53. The van der Waals surface area contributed by atoms with E-state index >= 15 is 0 Å². The lowest BCUT2D eigenvalue weighted by Crippen LogP contribution is -2.56. The summed E-state index contributed by atoms with van der Waals surface area (Å²) >= 11 is 0. The van der Waals surface area contributed by atoms with E-state index in [1.54, 1.807) is 0 Å². The Morgan fingerprint density at radius 1 is 1.30 bits per heavy atom. The van der Waals surface area contributed by atoms with Gasteiger partial charge in [0.25, 0.3) is 5.69 Å². The lowest BCUT2D eigenvalue weighted by Gasteiger charge is -2.42. The van der Waals surface area contributed by atoms with Crippen LogP contribution in [0, 0.1) is 10.1 Å². The second kappa shape index (κ2) is 7.51. The number of non-ortho nitro benzene ring substituents is 1. The van der Waals surface area contributed by atoms with E-state index in [1.807, 2.05) is 4.90 Å². The molecule has 1 aromatic heterocycles. The van der Waals surface area contributed by atoms with Gasteiger partial charge in [0.2, 0.25) is 5.91 Å². The average molecular weight is 376 g/mol. The molecule has 0 radical (unpaired) electrons. The number of carbonyl (C=O) groups is 1. The molecule has 2 unspecified atom stereocenters. The third kappa shape index (κ3) is 3.87. The zero-order chi connectivity index (χ0) is 19.7. The van der Waals surface area contributed by atoms with Crippen LogP contribution in [-0.4, -0.2) is 57.4 Å². The molecule has 2 aromatic rings. The Hall–Kier alpha value is -2.68. The highest BCUT2D eigenvalue weighted by atomic mass is 16.6. The predicted octanol–water partition coefficient (Wildman–Crippen LogP) is 1.83. The Labute approximate surface area is 156 Å². The van der Waals surface area contributed by atoms with Crippen LogP contribution < -0.4 is 5.76 Å². The minimum Gasteiger partial charge on any atom is -0.407 e. The fourth-order valence-corrected chi connectivity index (χ4v) is 3.53. The SMILES string of the molecule is CC1CN(C(=O)CCCn2c(=O)oc3cc([N+](=O)[O-])ccc32)CC(C)N1C. The van der Waals surface area contributed by atoms with Gasteiger partial charge in [0.1, 0.15) is 0 Å². The van der Waals surface area contributed by atoms with Crippen LogP contribution in [0.25, 0.3) is 11.1 Å². The molecule has 146 valence electrons. The number of hydrogen-bond acceptors (Lipinski definition) is 6. The number of nitro benzene ring substituents is 1. The summed E-state index contributed by atoms with van der Waals surface area (Å²) in [5.74, 6) is -0.488. The van der Waals surface area contributed by atoms with E-state index < -0.39 is 10.7 Å². The summed E-state index contributed by atoms with van der Waals surface area (Å²) in [5.41, 5.74) is 0.555. The van der Waals surface area contributed by atoms with Crippen LogP contribution in [0.15, 0.2) is 27.4 Å². The number of aromatic nitrogens is 1. The second-order valence-electron chi connectivity index (χ2n) is 7.19. The molecule has 0 N–H and O–H groups in total. The van der Waals surface area contributed by atoms with Gasteiger partial charge in [0, 0.05) is 44.2 Å². The fraction of sp³-hybridized carbons (Fsp3) is 0.556. The van der Waals surface area contributed by atoms with Crippen molar-refractivity contribution < 1.29 is 14.1 Å². The van der Waals surface area contributed by atoms with E-state index in [9.17, 15) is 19.7 Å². The van der Waals surface area contributed by atoms with E-state index in [0.29, 0.717) is 50.1 Å². The molecule has 1 aliphatic heterocycles. The normalized spacial score (nSPS) is 20.9. The van der Waals surface area contributed by atoms with Gasteiger partial charge in [0.05, 0.1) is 16.5 Å². The van der Waals surface area contributed by atoms with Crippen LogP contribution in [0.4, 0.5) is 5.69 Å². The maximum atomic E-state index is 12.5. The molecule has 1 fully saturated rings. The largest absolute Gasteiger partial charge is 0.419 e. The first kappa shape index (κ1) is 19.1. The maximum absolute atomic E-state index is 12.5. The van der Waals surface area contributed by atoms with Gasteiger partial charge in [0.15, 0.2) is 5.58 Å². The number of hydrogen-bond donors (Lipinski definition) is 0. The van der Waals surface area contributed by atoms with E-state index in [4.69, 9.17) is 4.42 Å². The number of piperazine rings is 1. The lowest BCUT2D eigenvalue weighted by atomic mass is 10.1. The molecular formula is C18H24N4O5. The van der Waals surface area contributed by atoms with Crippen molar-refractivity contribution in [3.63, 3.8) is 0 Å². The van der Waals surface area contributed by atoms with E-state index in [1.165, 1.54) is 22.8 Å². The topological polar surface area (TPSA) is 102 Å². The van der Waals surface area contributed by atoms with Crippen LogP contribution in [0.2, 0.25) is 0 Å². The Kier molecular flexibility index (Phi) is 5.31. The molecule has 27 heavy (non-hydrogen) atoms. The number of aryl methyl sites for hydroxylation is 1. The van der Waals surface area contributed by atoms with Gasteiger partial charge in [-0.15, -0.1) is 0 Å². The second-order valence-corrected chi connectivity index (χ2v) is 7.19. The van der Waals surface area contributed by atoms with Crippen molar-refractivity contribution in [1.82, 2.24) is 14.4 Å². The summed E-state index contributed by atoms with van der Waals surface area (Å²) in [6, 6.07) is 4.71. The highest BCUT2D eigenvalue weighted by Crippen LogP contribution is 2.20. The van der Waals surface area contributed by atoms with E-state index in [0.717, 1.165) is 0 Å². The van der Waals surface area contributed by atoms with Crippen molar-refractivity contribution >= 4 is 22.7 Å². The van der Waals surface area contributed by atoms with Crippen molar-refractivity contribution in [2.45, 2.75) is 45.3 Å². The molecular weight excluding hydrogens is 352 g/mol. The number of carbonyl (C=O) groups excluding carboxylic acids is 1. The molecule has 1 amide bonds. The number of fused-ring (bicyclic) bond motifs is 1. The smallest absolute Gasteiger partial charge is 0.407 e. The molecule has 9 heteroatoms. The number of oxazole rings is 1. The first-order valence-corrected chi connectivity index (χ1v) is 9.05. The highest BCUT2D eigenvalue weighted by Gasteiger charge is 2.28. The lowest BCUT2D eigenvalue weighted by molar-refractivity contribution is -0.384. The first-order chi connectivity index (χ1) is 12.8. The number of rotatable bonds is 5. The summed E-state index contributed by atoms with van der Waals surface area (Å²) in [5, 5.41) is 10.8. The third-order valence-electron chi connectivity index (χ3n) is 5.35. The molecule has 2 heterocycles. The molecule has 0 aliphatic carbocycles. The Balaban J connectivity index is 1.64. The summed E-state index contributed by atoms with van der Waals surface area (Å²) < 4.78 is 6.52. The number of nitro groups is 1. The minimum atomic E-state index is -0.570. The van der Waals surface area contributed by atoms with Crippen molar-refractivity contribution in [3.8, 4) is 0 Å². The molecule has 0 bridgehead atoms.